The first-order valence-corrected chi connectivity index (χ1v) is 9.76. The molecule has 1 atom stereocenters. The minimum Gasteiger partial charge on any atom is -0.337 e. The van der Waals surface area contributed by atoms with Crippen molar-refractivity contribution in [3.63, 3.8) is 0 Å². The lowest BCUT2D eigenvalue weighted by atomic mass is 9.89. The Kier molecular flexibility index (Phi) is 3.45. The number of aryl methyl sites for hydroxylation is 1. The maximum Gasteiger partial charge on any atom is 0.315 e. The summed E-state index contributed by atoms with van der Waals surface area (Å²) in [5.41, 5.74) is 1.69. The van der Waals surface area contributed by atoms with Gasteiger partial charge < -0.3 is 15.5 Å². The Balaban J connectivity index is 1.28. The summed E-state index contributed by atoms with van der Waals surface area (Å²) in [6, 6.07) is 5.83. The summed E-state index contributed by atoms with van der Waals surface area (Å²) in [6.45, 7) is 3.92. The number of nitrogens with one attached hydrogen (secondary N) is 2. The number of nitrogens with zero attached hydrogens (tertiary/aromatic N) is 3. The van der Waals surface area contributed by atoms with Gasteiger partial charge in [0.1, 0.15) is 0 Å². The van der Waals surface area contributed by atoms with E-state index in [4.69, 9.17) is 0 Å². The molecular weight excluding hydrogens is 366 g/mol. The van der Waals surface area contributed by atoms with E-state index in [1.165, 1.54) is 11.3 Å². The zero-order valence-corrected chi connectivity index (χ0v) is 15.6. The number of carbonyl (C=O) groups excluding carboxylic acids is 3. The molecule has 3 saturated heterocycles. The quantitative estimate of drug-likeness (QED) is 0.801. The number of likely N-dealkylation sites (tertiary alicyclic amines) is 1. The molecule has 3 aliphatic rings. The van der Waals surface area contributed by atoms with Crippen molar-refractivity contribution in [2.45, 2.75) is 18.9 Å². The maximum atomic E-state index is 12.8. The second kappa shape index (κ2) is 5.66. The third-order valence-corrected chi connectivity index (χ3v) is 6.54. The Morgan fingerprint density at radius 1 is 1.33 bits per heavy atom. The fourth-order valence-corrected chi connectivity index (χ4v) is 5.15. The van der Waals surface area contributed by atoms with Gasteiger partial charge >= 0.3 is 6.03 Å². The van der Waals surface area contributed by atoms with Crippen LogP contribution < -0.4 is 15.5 Å². The van der Waals surface area contributed by atoms with Crippen LogP contribution in [0, 0.1) is 12.8 Å². The Morgan fingerprint density at radius 3 is 2.89 bits per heavy atom. The van der Waals surface area contributed by atoms with Crippen molar-refractivity contribution in [1.82, 2.24) is 20.5 Å². The van der Waals surface area contributed by atoms with Crippen LogP contribution in [0.4, 0.5) is 9.93 Å². The molecule has 0 aliphatic carbocycles. The average Bonchev–Trinajstić information content (AvgIpc) is 3.28. The summed E-state index contributed by atoms with van der Waals surface area (Å²) in [5, 5.41) is 6.27. The number of fused-ring (bicyclic) bond motifs is 1. The lowest BCUT2D eigenvalue weighted by Crippen LogP contribution is -2.70. The van der Waals surface area contributed by atoms with Crippen LogP contribution in [0.2, 0.25) is 0 Å². The Hall–Kier alpha value is -2.68. The zero-order chi connectivity index (χ0) is 18.8. The van der Waals surface area contributed by atoms with Gasteiger partial charge in [-0.05, 0) is 24.6 Å². The highest BCUT2D eigenvalue weighted by Crippen LogP contribution is 2.34. The number of rotatable bonds is 2. The van der Waals surface area contributed by atoms with Gasteiger partial charge in [0.25, 0.3) is 0 Å². The van der Waals surface area contributed by atoms with Gasteiger partial charge in [-0.25, -0.2) is 9.78 Å². The molecule has 5 rings (SSSR count). The van der Waals surface area contributed by atoms with Crippen molar-refractivity contribution in [3.05, 3.63) is 23.8 Å². The van der Waals surface area contributed by atoms with E-state index >= 15 is 0 Å². The molecule has 8 nitrogen and oxygen atoms in total. The fourth-order valence-electron chi connectivity index (χ4n) is 4.06. The van der Waals surface area contributed by atoms with Crippen molar-refractivity contribution >= 4 is 44.5 Å². The SMILES string of the molecule is Cc1ccc2nc(N3CC(C(=O)N4CC5(CNC(=O)N5)C4)CC3=O)sc2c1. The van der Waals surface area contributed by atoms with Crippen molar-refractivity contribution < 1.29 is 14.4 Å². The number of amides is 4. The summed E-state index contributed by atoms with van der Waals surface area (Å²) in [6.07, 6.45) is 0.210. The minimum absolute atomic E-state index is 0.0189. The molecule has 0 saturated carbocycles. The van der Waals surface area contributed by atoms with E-state index in [-0.39, 0.29) is 35.7 Å². The van der Waals surface area contributed by atoms with Crippen LogP contribution in [-0.4, -0.2) is 59.4 Å². The Morgan fingerprint density at radius 2 is 2.15 bits per heavy atom. The van der Waals surface area contributed by atoms with Gasteiger partial charge in [-0.3, -0.25) is 14.5 Å². The van der Waals surface area contributed by atoms with Gasteiger partial charge in [0, 0.05) is 32.6 Å². The Labute approximate surface area is 159 Å². The number of thiazole rings is 1. The lowest BCUT2D eigenvalue weighted by molar-refractivity contribution is -0.143. The zero-order valence-electron chi connectivity index (χ0n) is 14.8. The van der Waals surface area contributed by atoms with Crippen molar-refractivity contribution in [2.24, 2.45) is 5.92 Å². The Bertz CT molecular complexity index is 981. The van der Waals surface area contributed by atoms with Crippen LogP contribution in [0.3, 0.4) is 0 Å². The van der Waals surface area contributed by atoms with Crippen LogP contribution in [0.15, 0.2) is 18.2 Å². The molecule has 3 fully saturated rings. The molecule has 0 bridgehead atoms. The first kappa shape index (κ1) is 16.5. The molecular formula is C18H19N5O3S. The van der Waals surface area contributed by atoms with E-state index in [0.29, 0.717) is 31.3 Å². The summed E-state index contributed by atoms with van der Waals surface area (Å²) < 4.78 is 1.04. The first-order chi connectivity index (χ1) is 12.9. The van der Waals surface area contributed by atoms with Crippen LogP contribution >= 0.6 is 11.3 Å². The number of urea groups is 1. The highest BCUT2D eigenvalue weighted by atomic mass is 32.1. The first-order valence-electron chi connectivity index (χ1n) is 8.95. The van der Waals surface area contributed by atoms with Crippen molar-refractivity contribution in [2.75, 3.05) is 31.1 Å². The monoisotopic (exact) mass is 385 g/mol. The van der Waals surface area contributed by atoms with E-state index in [9.17, 15) is 14.4 Å². The molecule has 3 aliphatic heterocycles. The average molecular weight is 385 g/mol. The van der Waals surface area contributed by atoms with Crippen LogP contribution in [0.1, 0.15) is 12.0 Å². The number of aromatic nitrogens is 1. The van der Waals surface area contributed by atoms with E-state index in [1.807, 2.05) is 19.1 Å². The summed E-state index contributed by atoms with van der Waals surface area (Å²) in [7, 11) is 0. The van der Waals surface area contributed by atoms with Gasteiger partial charge in [0.15, 0.2) is 5.13 Å². The van der Waals surface area contributed by atoms with Gasteiger partial charge in [0.05, 0.1) is 21.7 Å². The molecule has 1 aromatic heterocycles. The molecule has 140 valence electrons. The maximum absolute atomic E-state index is 12.8. The van der Waals surface area contributed by atoms with E-state index in [2.05, 4.69) is 21.7 Å². The normalized spacial score (nSPS) is 23.7. The van der Waals surface area contributed by atoms with Crippen molar-refractivity contribution in [1.29, 1.82) is 0 Å². The molecule has 4 amide bonds. The summed E-state index contributed by atoms with van der Waals surface area (Å²) in [5.74, 6) is -0.432. The molecule has 1 spiro atoms. The lowest BCUT2D eigenvalue weighted by Gasteiger charge is -2.47. The largest absolute Gasteiger partial charge is 0.337 e. The fraction of sp³-hybridized carbons (Fsp3) is 0.444. The van der Waals surface area contributed by atoms with Gasteiger partial charge in [-0.15, -0.1) is 0 Å². The smallest absolute Gasteiger partial charge is 0.315 e. The minimum atomic E-state index is -0.353. The van der Waals surface area contributed by atoms with E-state index < -0.39 is 0 Å². The summed E-state index contributed by atoms with van der Waals surface area (Å²) in [4.78, 5) is 44.6. The number of anilines is 1. The standard InChI is InChI=1S/C18H19N5O3S/c1-10-2-3-12-13(4-10)27-17(20-12)23-6-11(5-14(23)24)15(25)22-8-18(9-22)7-19-16(26)21-18/h2-4,11H,5-9H2,1H3,(H2,19,21,26). The predicted octanol–water partition coefficient (Wildman–Crippen LogP) is 0.851. The van der Waals surface area contributed by atoms with E-state index in [0.717, 1.165) is 15.8 Å². The molecule has 9 heteroatoms. The number of benzene rings is 1. The van der Waals surface area contributed by atoms with Gasteiger partial charge in [-0.2, -0.15) is 0 Å². The number of hydrogen-bond donors (Lipinski definition) is 2. The molecule has 2 N–H and O–H groups in total. The number of hydrogen-bond acceptors (Lipinski definition) is 5. The highest BCUT2D eigenvalue weighted by Gasteiger charge is 2.51. The molecule has 0 radical (unpaired) electrons. The predicted molar refractivity (Wildman–Crippen MR) is 101 cm³/mol. The van der Waals surface area contributed by atoms with Crippen LogP contribution in [0.5, 0.6) is 0 Å². The molecule has 4 heterocycles. The van der Waals surface area contributed by atoms with Crippen molar-refractivity contribution in [3.8, 4) is 0 Å². The molecule has 27 heavy (non-hydrogen) atoms. The number of carbonyl (C=O) groups is 3. The highest BCUT2D eigenvalue weighted by molar-refractivity contribution is 7.22. The van der Waals surface area contributed by atoms with E-state index in [1.54, 1.807) is 9.80 Å². The molecule has 2 aromatic rings. The second-order valence-electron chi connectivity index (χ2n) is 7.66. The molecule has 1 unspecified atom stereocenters. The van der Waals surface area contributed by atoms with Gasteiger partial charge in [-0.1, -0.05) is 17.4 Å². The summed E-state index contributed by atoms with van der Waals surface area (Å²) >= 11 is 1.48. The third-order valence-electron chi connectivity index (χ3n) is 5.50. The van der Waals surface area contributed by atoms with Crippen LogP contribution in [-0.2, 0) is 9.59 Å². The van der Waals surface area contributed by atoms with Crippen LogP contribution in [0.25, 0.3) is 10.2 Å². The topological polar surface area (TPSA) is 94.6 Å². The second-order valence-corrected chi connectivity index (χ2v) is 8.66. The third kappa shape index (κ3) is 2.64. The van der Waals surface area contributed by atoms with Gasteiger partial charge in [0.2, 0.25) is 11.8 Å². The molecule has 1 aromatic carbocycles.